The SMILES string of the molecule is NC1(c2cc3c(cc2F)OCCO3)CCCCC1. The molecule has 1 fully saturated rings. The molecule has 0 amide bonds. The third-order valence-electron chi connectivity index (χ3n) is 3.91. The van der Waals surface area contributed by atoms with Gasteiger partial charge in [-0.05, 0) is 18.9 Å². The normalized spacial score (nSPS) is 21.7. The third-order valence-corrected chi connectivity index (χ3v) is 3.91. The molecule has 0 atom stereocenters. The third kappa shape index (κ3) is 1.94. The second-order valence-corrected chi connectivity index (χ2v) is 5.19. The Morgan fingerprint density at radius 2 is 1.61 bits per heavy atom. The second-order valence-electron chi connectivity index (χ2n) is 5.19. The summed E-state index contributed by atoms with van der Waals surface area (Å²) in [5, 5.41) is 0. The molecule has 0 bridgehead atoms. The van der Waals surface area contributed by atoms with Crippen molar-refractivity contribution in [2.24, 2.45) is 5.73 Å². The standard InChI is InChI=1S/C14H18FNO2/c15-11-9-13-12(17-6-7-18-13)8-10(11)14(16)4-2-1-3-5-14/h8-9H,1-7,16H2. The maximum Gasteiger partial charge on any atom is 0.164 e. The predicted molar refractivity (Wildman–Crippen MR) is 66.3 cm³/mol. The molecule has 1 heterocycles. The van der Waals surface area contributed by atoms with Crippen LogP contribution < -0.4 is 15.2 Å². The lowest BCUT2D eigenvalue weighted by atomic mass is 9.77. The smallest absolute Gasteiger partial charge is 0.164 e. The molecule has 0 saturated heterocycles. The molecule has 1 saturated carbocycles. The van der Waals surface area contributed by atoms with E-state index in [4.69, 9.17) is 15.2 Å². The van der Waals surface area contributed by atoms with E-state index in [2.05, 4.69) is 0 Å². The van der Waals surface area contributed by atoms with Crippen LogP contribution in [0, 0.1) is 5.82 Å². The van der Waals surface area contributed by atoms with E-state index in [1.54, 1.807) is 6.07 Å². The zero-order chi connectivity index (χ0) is 12.6. The van der Waals surface area contributed by atoms with Gasteiger partial charge in [0.15, 0.2) is 11.5 Å². The van der Waals surface area contributed by atoms with E-state index in [0.29, 0.717) is 30.3 Å². The number of benzene rings is 1. The van der Waals surface area contributed by atoms with E-state index < -0.39 is 5.54 Å². The fourth-order valence-electron chi connectivity index (χ4n) is 2.90. The molecule has 98 valence electrons. The van der Waals surface area contributed by atoms with E-state index in [1.165, 1.54) is 12.5 Å². The van der Waals surface area contributed by atoms with Gasteiger partial charge in [0.25, 0.3) is 0 Å². The van der Waals surface area contributed by atoms with Gasteiger partial charge in [0.2, 0.25) is 0 Å². The summed E-state index contributed by atoms with van der Waals surface area (Å²) in [7, 11) is 0. The van der Waals surface area contributed by atoms with E-state index in [0.717, 1.165) is 25.7 Å². The van der Waals surface area contributed by atoms with E-state index >= 15 is 0 Å². The second kappa shape index (κ2) is 4.43. The summed E-state index contributed by atoms with van der Waals surface area (Å²) in [6.45, 7) is 0.981. The molecular weight excluding hydrogens is 233 g/mol. The van der Waals surface area contributed by atoms with E-state index in [9.17, 15) is 4.39 Å². The highest BCUT2D eigenvalue weighted by molar-refractivity contribution is 5.46. The summed E-state index contributed by atoms with van der Waals surface area (Å²) in [4.78, 5) is 0. The van der Waals surface area contributed by atoms with Gasteiger partial charge in [0.1, 0.15) is 19.0 Å². The number of halogens is 1. The highest BCUT2D eigenvalue weighted by atomic mass is 19.1. The van der Waals surface area contributed by atoms with Crippen LogP contribution in [0.15, 0.2) is 12.1 Å². The van der Waals surface area contributed by atoms with Crippen molar-refractivity contribution < 1.29 is 13.9 Å². The molecule has 18 heavy (non-hydrogen) atoms. The maximum atomic E-state index is 14.2. The molecule has 1 aromatic rings. The average molecular weight is 251 g/mol. The lowest BCUT2D eigenvalue weighted by Gasteiger charge is -2.35. The van der Waals surface area contributed by atoms with Crippen molar-refractivity contribution in [3.63, 3.8) is 0 Å². The lowest BCUT2D eigenvalue weighted by Crippen LogP contribution is -2.39. The van der Waals surface area contributed by atoms with Crippen molar-refractivity contribution in [3.8, 4) is 11.5 Å². The first-order valence-corrected chi connectivity index (χ1v) is 6.58. The van der Waals surface area contributed by atoms with Crippen LogP contribution in [-0.4, -0.2) is 13.2 Å². The topological polar surface area (TPSA) is 44.5 Å². The van der Waals surface area contributed by atoms with Gasteiger partial charge in [-0.2, -0.15) is 0 Å². The van der Waals surface area contributed by atoms with Gasteiger partial charge in [-0.3, -0.25) is 0 Å². The van der Waals surface area contributed by atoms with Crippen LogP contribution >= 0.6 is 0 Å². The van der Waals surface area contributed by atoms with Crippen LogP contribution in [0.4, 0.5) is 4.39 Å². The van der Waals surface area contributed by atoms with Crippen LogP contribution in [0.2, 0.25) is 0 Å². The molecule has 2 aliphatic rings. The van der Waals surface area contributed by atoms with Gasteiger partial charge in [-0.25, -0.2) is 4.39 Å². The first kappa shape index (κ1) is 11.8. The largest absolute Gasteiger partial charge is 0.486 e. The van der Waals surface area contributed by atoms with Crippen molar-refractivity contribution in [2.45, 2.75) is 37.6 Å². The molecule has 0 radical (unpaired) electrons. The van der Waals surface area contributed by atoms with Gasteiger partial charge in [0, 0.05) is 17.2 Å². The number of ether oxygens (including phenoxy) is 2. The number of fused-ring (bicyclic) bond motifs is 1. The lowest BCUT2D eigenvalue weighted by molar-refractivity contribution is 0.169. The van der Waals surface area contributed by atoms with Crippen LogP contribution in [0.1, 0.15) is 37.7 Å². The summed E-state index contributed by atoms with van der Waals surface area (Å²) in [5.74, 6) is 0.832. The number of rotatable bonds is 1. The monoisotopic (exact) mass is 251 g/mol. The Labute approximate surface area is 106 Å². The molecule has 0 spiro atoms. The molecule has 3 nitrogen and oxygen atoms in total. The van der Waals surface area contributed by atoms with Gasteiger partial charge in [0.05, 0.1) is 0 Å². The first-order valence-electron chi connectivity index (χ1n) is 6.58. The Morgan fingerprint density at radius 3 is 2.28 bits per heavy atom. The van der Waals surface area contributed by atoms with Crippen molar-refractivity contribution in [2.75, 3.05) is 13.2 Å². The summed E-state index contributed by atoms with van der Waals surface area (Å²) in [5.41, 5.74) is 6.41. The van der Waals surface area contributed by atoms with Crippen molar-refractivity contribution in [1.29, 1.82) is 0 Å². The summed E-state index contributed by atoms with van der Waals surface area (Å²) in [6, 6.07) is 3.14. The highest BCUT2D eigenvalue weighted by Crippen LogP contribution is 2.41. The van der Waals surface area contributed by atoms with Gasteiger partial charge in [-0.15, -0.1) is 0 Å². The molecule has 1 aromatic carbocycles. The number of nitrogens with two attached hydrogens (primary N) is 1. The van der Waals surface area contributed by atoms with Crippen LogP contribution in [-0.2, 0) is 5.54 Å². The predicted octanol–water partition coefficient (Wildman–Crippen LogP) is 2.72. The minimum atomic E-state index is -0.543. The zero-order valence-corrected chi connectivity index (χ0v) is 10.4. The van der Waals surface area contributed by atoms with Crippen molar-refractivity contribution >= 4 is 0 Å². The summed E-state index contributed by atoms with van der Waals surface area (Å²) < 4.78 is 25.1. The van der Waals surface area contributed by atoms with Gasteiger partial charge in [-0.1, -0.05) is 19.3 Å². The van der Waals surface area contributed by atoms with Crippen molar-refractivity contribution in [3.05, 3.63) is 23.5 Å². The fraction of sp³-hybridized carbons (Fsp3) is 0.571. The Bertz CT molecular complexity index is 455. The maximum absolute atomic E-state index is 14.2. The quantitative estimate of drug-likeness (QED) is 0.834. The van der Waals surface area contributed by atoms with E-state index in [-0.39, 0.29) is 5.82 Å². The highest BCUT2D eigenvalue weighted by Gasteiger charge is 2.33. The summed E-state index contributed by atoms with van der Waals surface area (Å²) >= 11 is 0. The fourth-order valence-corrected chi connectivity index (χ4v) is 2.90. The summed E-state index contributed by atoms with van der Waals surface area (Å²) in [6.07, 6.45) is 4.98. The van der Waals surface area contributed by atoms with Crippen LogP contribution in [0.5, 0.6) is 11.5 Å². The van der Waals surface area contributed by atoms with Crippen LogP contribution in [0.3, 0.4) is 0 Å². The number of hydrogen-bond donors (Lipinski definition) is 1. The van der Waals surface area contributed by atoms with Gasteiger partial charge >= 0.3 is 0 Å². The number of hydrogen-bond acceptors (Lipinski definition) is 3. The molecule has 4 heteroatoms. The Kier molecular flexibility index (Phi) is 2.90. The van der Waals surface area contributed by atoms with Crippen LogP contribution in [0.25, 0.3) is 0 Å². The Hall–Kier alpha value is -1.29. The first-order chi connectivity index (χ1) is 8.69. The Balaban J connectivity index is 2.00. The molecule has 1 aliphatic carbocycles. The molecule has 0 aromatic heterocycles. The molecule has 2 N–H and O–H groups in total. The average Bonchev–Trinajstić information content (AvgIpc) is 2.38. The molecule has 1 aliphatic heterocycles. The minimum Gasteiger partial charge on any atom is -0.486 e. The van der Waals surface area contributed by atoms with Gasteiger partial charge < -0.3 is 15.2 Å². The molecule has 0 unspecified atom stereocenters. The van der Waals surface area contributed by atoms with Crippen molar-refractivity contribution in [1.82, 2.24) is 0 Å². The molecule has 3 rings (SSSR count). The molecular formula is C14H18FNO2. The Morgan fingerprint density at radius 1 is 1.00 bits per heavy atom. The zero-order valence-electron chi connectivity index (χ0n) is 10.4. The van der Waals surface area contributed by atoms with E-state index in [1.807, 2.05) is 0 Å². The minimum absolute atomic E-state index is 0.274.